The molecule has 0 bridgehead atoms. The minimum Gasteiger partial charge on any atom is -0.371 e. The molecule has 1 heterocycles. The molecule has 2 rings (SSSR count). The summed E-state index contributed by atoms with van der Waals surface area (Å²) in [5, 5.41) is 0. The zero-order valence-electron chi connectivity index (χ0n) is 9.60. The summed E-state index contributed by atoms with van der Waals surface area (Å²) in [6.07, 6.45) is 6.02. The molecular formula is C14H19N2. The number of hydrogen-bond donors (Lipinski definition) is 1. The number of piperidine rings is 1. The fourth-order valence-corrected chi connectivity index (χ4v) is 2.09. The first kappa shape index (κ1) is 11.2. The van der Waals surface area contributed by atoms with Crippen molar-refractivity contribution in [3.63, 3.8) is 0 Å². The molecule has 2 heteroatoms. The third kappa shape index (κ3) is 2.64. The van der Waals surface area contributed by atoms with Crippen LogP contribution in [-0.4, -0.2) is 19.1 Å². The number of benzene rings is 1. The Labute approximate surface area is 97.8 Å². The summed E-state index contributed by atoms with van der Waals surface area (Å²) in [6.45, 7) is 5.85. The van der Waals surface area contributed by atoms with Crippen LogP contribution in [0, 0.1) is 6.42 Å². The first-order valence-electron chi connectivity index (χ1n) is 5.86. The second-order valence-electron chi connectivity index (χ2n) is 4.32. The van der Waals surface area contributed by atoms with E-state index in [-0.39, 0.29) is 0 Å². The van der Waals surface area contributed by atoms with Gasteiger partial charge in [0, 0.05) is 31.2 Å². The average Bonchev–Trinajstić information content (AvgIpc) is 2.32. The molecule has 0 aromatic heterocycles. The van der Waals surface area contributed by atoms with Crippen molar-refractivity contribution in [3.8, 4) is 0 Å². The summed E-state index contributed by atoms with van der Waals surface area (Å²) in [6, 6.07) is 9.00. The van der Waals surface area contributed by atoms with Crippen LogP contribution < -0.4 is 10.6 Å². The molecule has 1 fully saturated rings. The van der Waals surface area contributed by atoms with Crippen molar-refractivity contribution >= 4 is 5.69 Å². The van der Waals surface area contributed by atoms with Gasteiger partial charge in [0.25, 0.3) is 0 Å². The highest BCUT2D eigenvalue weighted by Crippen LogP contribution is 2.20. The Balaban J connectivity index is 2.01. The van der Waals surface area contributed by atoms with E-state index in [0.29, 0.717) is 6.04 Å². The first-order valence-corrected chi connectivity index (χ1v) is 5.86. The van der Waals surface area contributed by atoms with Crippen LogP contribution in [-0.2, 0) is 0 Å². The zero-order chi connectivity index (χ0) is 11.4. The molecule has 2 nitrogen and oxygen atoms in total. The van der Waals surface area contributed by atoms with Gasteiger partial charge in [-0.15, -0.1) is 6.58 Å². The molecule has 85 valence electrons. The van der Waals surface area contributed by atoms with Crippen molar-refractivity contribution in [2.45, 2.75) is 18.9 Å². The maximum Gasteiger partial charge on any atom is 0.0366 e. The van der Waals surface area contributed by atoms with Gasteiger partial charge >= 0.3 is 0 Å². The van der Waals surface area contributed by atoms with Gasteiger partial charge in [-0.3, -0.25) is 0 Å². The van der Waals surface area contributed by atoms with Gasteiger partial charge in [0.05, 0.1) is 0 Å². The highest BCUT2D eigenvalue weighted by molar-refractivity contribution is 5.49. The van der Waals surface area contributed by atoms with E-state index in [4.69, 9.17) is 5.73 Å². The molecule has 1 aliphatic rings. The Kier molecular flexibility index (Phi) is 3.62. The third-order valence-corrected chi connectivity index (χ3v) is 3.11. The number of rotatable bonds is 3. The molecule has 1 aromatic rings. The Morgan fingerprint density at radius 2 is 1.81 bits per heavy atom. The Morgan fingerprint density at radius 1 is 1.19 bits per heavy atom. The summed E-state index contributed by atoms with van der Waals surface area (Å²) in [5.74, 6) is 0. The minimum absolute atomic E-state index is 0.393. The molecule has 0 spiro atoms. The van der Waals surface area contributed by atoms with E-state index in [0.717, 1.165) is 25.9 Å². The lowest BCUT2D eigenvalue weighted by Gasteiger charge is -2.32. The van der Waals surface area contributed by atoms with Crippen LogP contribution in [0.5, 0.6) is 0 Å². The summed E-state index contributed by atoms with van der Waals surface area (Å²) in [5.41, 5.74) is 8.40. The van der Waals surface area contributed by atoms with Crippen molar-refractivity contribution in [3.05, 3.63) is 48.9 Å². The Bertz CT molecular complexity index is 334. The van der Waals surface area contributed by atoms with Gasteiger partial charge in [-0.05, 0) is 30.5 Å². The Hall–Kier alpha value is -1.28. The van der Waals surface area contributed by atoms with E-state index < -0.39 is 0 Å². The van der Waals surface area contributed by atoms with Crippen LogP contribution in [0.3, 0.4) is 0 Å². The van der Waals surface area contributed by atoms with Crippen LogP contribution in [0.2, 0.25) is 0 Å². The lowest BCUT2D eigenvalue weighted by Crippen LogP contribution is -2.39. The lowest BCUT2D eigenvalue weighted by molar-refractivity contribution is 0.501. The smallest absolute Gasteiger partial charge is 0.0366 e. The van der Waals surface area contributed by atoms with Crippen LogP contribution >= 0.6 is 0 Å². The highest BCUT2D eigenvalue weighted by atomic mass is 15.1. The summed E-state index contributed by atoms with van der Waals surface area (Å²) < 4.78 is 0. The fourth-order valence-electron chi connectivity index (χ4n) is 2.09. The van der Waals surface area contributed by atoms with E-state index in [1.165, 1.54) is 11.3 Å². The maximum absolute atomic E-state index is 5.90. The SMILES string of the molecule is C=C[CH]c1ccc(N2CCC(N)CC2)cc1. The van der Waals surface area contributed by atoms with Crippen LogP contribution in [0.1, 0.15) is 18.4 Å². The van der Waals surface area contributed by atoms with E-state index in [1.807, 2.05) is 12.5 Å². The summed E-state index contributed by atoms with van der Waals surface area (Å²) in [7, 11) is 0. The predicted octanol–water partition coefficient (Wildman–Crippen LogP) is 2.35. The maximum atomic E-state index is 5.90. The number of allylic oxidation sites excluding steroid dienone is 1. The highest BCUT2D eigenvalue weighted by Gasteiger charge is 2.15. The number of nitrogens with two attached hydrogens (primary N) is 1. The second kappa shape index (κ2) is 5.17. The van der Waals surface area contributed by atoms with Gasteiger partial charge in [0.1, 0.15) is 0 Å². The molecule has 0 saturated carbocycles. The van der Waals surface area contributed by atoms with Gasteiger partial charge in [0.15, 0.2) is 0 Å². The molecule has 0 unspecified atom stereocenters. The van der Waals surface area contributed by atoms with E-state index >= 15 is 0 Å². The van der Waals surface area contributed by atoms with E-state index in [2.05, 4.69) is 35.7 Å². The molecule has 1 aromatic carbocycles. The van der Waals surface area contributed by atoms with Crippen molar-refractivity contribution < 1.29 is 0 Å². The van der Waals surface area contributed by atoms with E-state index in [9.17, 15) is 0 Å². The normalized spacial score (nSPS) is 17.4. The van der Waals surface area contributed by atoms with Crippen molar-refractivity contribution in [2.24, 2.45) is 5.73 Å². The zero-order valence-corrected chi connectivity index (χ0v) is 9.60. The summed E-state index contributed by atoms with van der Waals surface area (Å²) >= 11 is 0. The molecule has 0 amide bonds. The summed E-state index contributed by atoms with van der Waals surface area (Å²) in [4.78, 5) is 2.40. The molecule has 0 aliphatic carbocycles. The van der Waals surface area contributed by atoms with Crippen LogP contribution in [0.15, 0.2) is 36.9 Å². The number of hydrogen-bond acceptors (Lipinski definition) is 2. The van der Waals surface area contributed by atoms with Crippen LogP contribution in [0.25, 0.3) is 0 Å². The first-order chi connectivity index (χ1) is 7.79. The average molecular weight is 215 g/mol. The van der Waals surface area contributed by atoms with Gasteiger partial charge in [-0.25, -0.2) is 0 Å². The molecular weight excluding hydrogens is 196 g/mol. The van der Waals surface area contributed by atoms with Crippen molar-refractivity contribution in [2.75, 3.05) is 18.0 Å². The lowest BCUT2D eigenvalue weighted by atomic mass is 10.0. The Morgan fingerprint density at radius 3 is 2.38 bits per heavy atom. The van der Waals surface area contributed by atoms with Crippen molar-refractivity contribution in [1.29, 1.82) is 0 Å². The molecule has 1 radical (unpaired) electrons. The van der Waals surface area contributed by atoms with Gasteiger partial charge in [-0.2, -0.15) is 0 Å². The van der Waals surface area contributed by atoms with Gasteiger partial charge in [0.2, 0.25) is 0 Å². The molecule has 2 N–H and O–H groups in total. The predicted molar refractivity (Wildman–Crippen MR) is 69.5 cm³/mol. The molecule has 1 saturated heterocycles. The second-order valence-corrected chi connectivity index (χ2v) is 4.32. The topological polar surface area (TPSA) is 29.3 Å². The molecule has 1 aliphatic heterocycles. The minimum atomic E-state index is 0.393. The third-order valence-electron chi connectivity index (χ3n) is 3.11. The van der Waals surface area contributed by atoms with Crippen LogP contribution in [0.4, 0.5) is 5.69 Å². The standard InChI is InChI=1S/C14H19N2/c1-2-3-12-4-6-14(7-5-12)16-10-8-13(15)9-11-16/h2-7,13H,1,8-11,15H2. The quantitative estimate of drug-likeness (QED) is 0.838. The van der Waals surface area contributed by atoms with Gasteiger partial charge < -0.3 is 10.6 Å². The van der Waals surface area contributed by atoms with Crippen molar-refractivity contribution in [1.82, 2.24) is 0 Å². The van der Waals surface area contributed by atoms with E-state index in [1.54, 1.807) is 0 Å². The molecule has 16 heavy (non-hydrogen) atoms. The number of nitrogens with zero attached hydrogens (tertiary/aromatic N) is 1. The number of anilines is 1. The van der Waals surface area contributed by atoms with Gasteiger partial charge in [-0.1, -0.05) is 18.2 Å². The fraction of sp³-hybridized carbons (Fsp3) is 0.357. The monoisotopic (exact) mass is 215 g/mol. The largest absolute Gasteiger partial charge is 0.371 e. The molecule has 0 atom stereocenters.